The second kappa shape index (κ2) is 4.86. The van der Waals surface area contributed by atoms with E-state index in [-0.39, 0.29) is 5.69 Å². The summed E-state index contributed by atoms with van der Waals surface area (Å²) in [6.45, 7) is 1.58. The molecule has 0 saturated heterocycles. The maximum atomic E-state index is 10.9. The van der Waals surface area contributed by atoms with Crippen LogP contribution < -0.4 is 0 Å². The molecule has 0 aliphatic carbocycles. The molecule has 0 fully saturated rings. The molecule has 0 aliphatic heterocycles. The number of thiophene rings is 1. The van der Waals surface area contributed by atoms with E-state index in [1.54, 1.807) is 19.3 Å². The molecule has 0 saturated carbocycles. The van der Waals surface area contributed by atoms with Crippen molar-refractivity contribution in [2.75, 3.05) is 0 Å². The maximum absolute atomic E-state index is 10.9. The number of imidazole rings is 1. The highest BCUT2D eigenvalue weighted by atomic mass is 32.2. The number of aromatic nitrogens is 2. The molecule has 2 aromatic heterocycles. The number of aromatic amines is 1. The average molecular weight is 271 g/mol. The minimum atomic E-state index is -0.704. The number of H-pyrrole nitrogens is 1. The number of nitrogens with one attached hydrogen (secondary N) is 1. The fourth-order valence-corrected chi connectivity index (χ4v) is 3.32. The first-order valence-corrected chi connectivity index (χ1v) is 6.34. The Balaban J connectivity index is 2.34. The molecule has 17 heavy (non-hydrogen) atoms. The zero-order valence-electron chi connectivity index (χ0n) is 8.78. The summed E-state index contributed by atoms with van der Waals surface area (Å²) in [5.74, 6) is 0. The topological polar surface area (TPSA) is 92.1 Å². The van der Waals surface area contributed by atoms with E-state index in [1.165, 1.54) is 29.2 Å². The number of aliphatic hydroxyl groups is 1. The second-order valence-corrected chi connectivity index (χ2v) is 5.59. The third kappa shape index (κ3) is 2.65. The summed E-state index contributed by atoms with van der Waals surface area (Å²) < 4.78 is 0.515. The molecule has 0 aliphatic rings. The molecule has 6 nitrogen and oxygen atoms in total. The summed E-state index contributed by atoms with van der Waals surface area (Å²) in [5.41, 5.74) is 0.00676. The van der Waals surface area contributed by atoms with Gasteiger partial charge in [-0.25, -0.2) is 4.98 Å². The minimum absolute atomic E-state index is 0.00676. The van der Waals surface area contributed by atoms with E-state index in [0.29, 0.717) is 14.2 Å². The van der Waals surface area contributed by atoms with Crippen LogP contribution in [-0.4, -0.2) is 20.0 Å². The molecular weight excluding hydrogens is 262 g/mol. The van der Waals surface area contributed by atoms with Gasteiger partial charge in [0.1, 0.15) is 4.21 Å². The fraction of sp³-hybridized carbons (Fsp3) is 0.222. The summed E-state index contributed by atoms with van der Waals surface area (Å²) in [5, 5.41) is 20.9. The van der Waals surface area contributed by atoms with Crippen LogP contribution in [0.1, 0.15) is 17.9 Å². The Morgan fingerprint density at radius 2 is 2.47 bits per heavy atom. The van der Waals surface area contributed by atoms with Gasteiger partial charge >= 0.3 is 0 Å². The standard InChI is InChI=1S/C9H9N3O3S2/c1-5(13)7-4-6(12(14)15)8(16-7)17-9-10-2-3-11-9/h2-5,13H,1H3,(H,10,11). The molecule has 2 aromatic rings. The van der Waals surface area contributed by atoms with Gasteiger partial charge in [-0.3, -0.25) is 10.1 Å². The first kappa shape index (κ1) is 12.1. The fourth-order valence-electron chi connectivity index (χ4n) is 1.18. The number of hydrogen-bond acceptors (Lipinski definition) is 6. The van der Waals surface area contributed by atoms with Crippen molar-refractivity contribution in [2.45, 2.75) is 22.4 Å². The van der Waals surface area contributed by atoms with Gasteiger partial charge in [0.25, 0.3) is 5.69 Å². The number of aliphatic hydroxyl groups excluding tert-OH is 1. The first-order chi connectivity index (χ1) is 8.08. The Kier molecular flexibility index (Phi) is 3.46. The van der Waals surface area contributed by atoms with Crippen LogP contribution in [0.2, 0.25) is 0 Å². The lowest BCUT2D eigenvalue weighted by atomic mass is 10.3. The molecule has 0 amide bonds. The van der Waals surface area contributed by atoms with Crippen LogP contribution in [0.3, 0.4) is 0 Å². The molecule has 1 atom stereocenters. The van der Waals surface area contributed by atoms with Gasteiger partial charge in [-0.05, 0) is 18.7 Å². The Hall–Kier alpha value is -1.38. The predicted octanol–water partition coefficient (Wildman–Crippen LogP) is 2.58. The number of nitrogens with zero attached hydrogens (tertiary/aromatic N) is 2. The molecule has 0 spiro atoms. The molecule has 8 heteroatoms. The number of nitro groups is 1. The highest BCUT2D eigenvalue weighted by molar-refractivity contribution is 8.01. The van der Waals surface area contributed by atoms with Crippen LogP contribution in [0.25, 0.3) is 0 Å². The normalized spacial score (nSPS) is 12.6. The summed E-state index contributed by atoms with van der Waals surface area (Å²) in [4.78, 5) is 17.9. The van der Waals surface area contributed by atoms with Crippen molar-refractivity contribution >= 4 is 28.8 Å². The van der Waals surface area contributed by atoms with E-state index in [9.17, 15) is 15.2 Å². The van der Waals surface area contributed by atoms with Gasteiger partial charge in [0.15, 0.2) is 5.16 Å². The smallest absolute Gasteiger partial charge is 0.294 e. The van der Waals surface area contributed by atoms with Crippen molar-refractivity contribution in [3.63, 3.8) is 0 Å². The van der Waals surface area contributed by atoms with Crippen molar-refractivity contribution in [1.82, 2.24) is 9.97 Å². The third-order valence-corrected chi connectivity index (χ3v) is 4.37. The van der Waals surface area contributed by atoms with Gasteiger partial charge < -0.3 is 10.1 Å². The molecule has 0 aromatic carbocycles. The lowest BCUT2D eigenvalue weighted by molar-refractivity contribution is -0.387. The Morgan fingerprint density at radius 3 is 3.00 bits per heavy atom. The Morgan fingerprint density at radius 1 is 1.71 bits per heavy atom. The molecule has 0 bridgehead atoms. The van der Waals surface area contributed by atoms with Crippen molar-refractivity contribution in [3.05, 3.63) is 33.5 Å². The van der Waals surface area contributed by atoms with Crippen LogP contribution in [-0.2, 0) is 0 Å². The van der Waals surface area contributed by atoms with Crippen LogP contribution in [0.4, 0.5) is 5.69 Å². The van der Waals surface area contributed by atoms with Crippen molar-refractivity contribution in [2.24, 2.45) is 0 Å². The van der Waals surface area contributed by atoms with Gasteiger partial charge in [-0.1, -0.05) is 0 Å². The molecule has 90 valence electrons. The van der Waals surface area contributed by atoms with Gasteiger partial charge in [0.05, 0.1) is 11.0 Å². The SMILES string of the molecule is CC(O)c1cc([N+](=O)[O-])c(Sc2ncc[nH]2)s1. The summed E-state index contributed by atoms with van der Waals surface area (Å²) in [6, 6.07) is 1.40. The van der Waals surface area contributed by atoms with Gasteiger partial charge in [-0.15, -0.1) is 11.3 Å². The molecule has 0 radical (unpaired) electrons. The van der Waals surface area contributed by atoms with E-state index in [4.69, 9.17) is 0 Å². The molecule has 2 N–H and O–H groups in total. The van der Waals surface area contributed by atoms with Crippen molar-refractivity contribution < 1.29 is 10.0 Å². The van der Waals surface area contributed by atoms with Crippen LogP contribution in [0.5, 0.6) is 0 Å². The van der Waals surface area contributed by atoms with E-state index in [2.05, 4.69) is 9.97 Å². The summed E-state index contributed by atoms with van der Waals surface area (Å²) >= 11 is 2.39. The van der Waals surface area contributed by atoms with Crippen LogP contribution in [0, 0.1) is 10.1 Å². The van der Waals surface area contributed by atoms with E-state index in [0.717, 1.165) is 0 Å². The average Bonchev–Trinajstić information content (AvgIpc) is 2.87. The largest absolute Gasteiger partial charge is 0.388 e. The Bertz CT molecular complexity index is 522. The summed E-state index contributed by atoms with van der Waals surface area (Å²) in [7, 11) is 0. The van der Waals surface area contributed by atoms with Crippen molar-refractivity contribution in [3.8, 4) is 0 Å². The second-order valence-electron chi connectivity index (χ2n) is 3.25. The summed E-state index contributed by atoms with van der Waals surface area (Å²) in [6.07, 6.45) is 2.53. The minimum Gasteiger partial charge on any atom is -0.388 e. The zero-order valence-corrected chi connectivity index (χ0v) is 10.4. The van der Waals surface area contributed by atoms with Gasteiger partial charge in [0.2, 0.25) is 0 Å². The highest BCUT2D eigenvalue weighted by Gasteiger charge is 2.22. The predicted molar refractivity (Wildman–Crippen MR) is 64.3 cm³/mol. The van der Waals surface area contributed by atoms with Crippen LogP contribution in [0.15, 0.2) is 27.8 Å². The van der Waals surface area contributed by atoms with Gasteiger partial charge in [-0.2, -0.15) is 0 Å². The van der Waals surface area contributed by atoms with E-state index >= 15 is 0 Å². The maximum Gasteiger partial charge on any atom is 0.294 e. The third-order valence-electron chi connectivity index (χ3n) is 1.97. The van der Waals surface area contributed by atoms with Gasteiger partial charge in [0, 0.05) is 23.3 Å². The lowest BCUT2D eigenvalue weighted by Crippen LogP contribution is -1.87. The first-order valence-electron chi connectivity index (χ1n) is 4.71. The molecule has 2 heterocycles. The molecule has 2 rings (SSSR count). The monoisotopic (exact) mass is 271 g/mol. The lowest BCUT2D eigenvalue weighted by Gasteiger charge is -1.95. The van der Waals surface area contributed by atoms with Crippen molar-refractivity contribution in [1.29, 1.82) is 0 Å². The van der Waals surface area contributed by atoms with E-state index in [1.807, 2.05) is 0 Å². The Labute approximate surface area is 105 Å². The number of hydrogen-bond donors (Lipinski definition) is 2. The highest BCUT2D eigenvalue weighted by Crippen LogP contribution is 2.41. The molecular formula is C9H9N3O3S2. The zero-order chi connectivity index (χ0) is 12.4. The van der Waals surface area contributed by atoms with Crippen LogP contribution >= 0.6 is 23.1 Å². The van der Waals surface area contributed by atoms with E-state index < -0.39 is 11.0 Å². The molecule has 1 unspecified atom stereocenters. The number of rotatable bonds is 4. The quantitative estimate of drug-likeness (QED) is 0.658.